The van der Waals surface area contributed by atoms with Crippen LogP contribution in [0.4, 0.5) is 5.69 Å². The maximum Gasteiger partial charge on any atom is 0.337 e. The zero-order valence-corrected chi connectivity index (χ0v) is 16.6. The van der Waals surface area contributed by atoms with Gasteiger partial charge in [-0.15, -0.1) is 10.2 Å². The minimum absolute atomic E-state index is 0.105. The topological polar surface area (TPSA) is 99.2 Å². The molecule has 0 bridgehead atoms. The highest BCUT2D eigenvalue weighted by atomic mass is 16.5. The van der Waals surface area contributed by atoms with Crippen molar-refractivity contribution >= 4 is 28.5 Å². The maximum absolute atomic E-state index is 12.6. The van der Waals surface area contributed by atoms with Gasteiger partial charge < -0.3 is 19.0 Å². The summed E-state index contributed by atoms with van der Waals surface area (Å²) in [6.45, 7) is 2.05. The molecule has 4 aromatic rings. The van der Waals surface area contributed by atoms with Gasteiger partial charge in [0.2, 0.25) is 17.7 Å². The van der Waals surface area contributed by atoms with Crippen LogP contribution in [0.3, 0.4) is 0 Å². The minimum Gasteiger partial charge on any atom is -0.465 e. The van der Waals surface area contributed by atoms with Crippen molar-refractivity contribution in [2.24, 2.45) is 0 Å². The zero-order valence-electron chi connectivity index (χ0n) is 16.6. The van der Waals surface area contributed by atoms with Crippen molar-refractivity contribution in [2.45, 2.75) is 19.9 Å². The SMILES string of the molecule is CCc1nnc(-c2cn(CC(=O)Nc3ccc(C(=O)OC)cc3)c3ccccc23)o1. The van der Waals surface area contributed by atoms with Crippen LogP contribution >= 0.6 is 0 Å². The Labute approximate surface area is 172 Å². The summed E-state index contributed by atoms with van der Waals surface area (Å²) in [4.78, 5) is 24.1. The Balaban J connectivity index is 1.56. The highest BCUT2D eigenvalue weighted by Gasteiger charge is 2.17. The molecule has 0 spiro atoms. The molecule has 0 aliphatic rings. The number of aromatic nitrogens is 3. The van der Waals surface area contributed by atoms with Gasteiger partial charge in [0.1, 0.15) is 6.54 Å². The van der Waals surface area contributed by atoms with Gasteiger partial charge in [0.15, 0.2) is 0 Å². The summed E-state index contributed by atoms with van der Waals surface area (Å²) in [5.74, 6) is 0.370. The molecule has 0 atom stereocenters. The number of carbonyl (C=O) groups is 2. The predicted octanol–water partition coefficient (Wildman–Crippen LogP) is 3.68. The van der Waals surface area contributed by atoms with Gasteiger partial charge in [-0.25, -0.2) is 4.79 Å². The van der Waals surface area contributed by atoms with Gasteiger partial charge >= 0.3 is 5.97 Å². The van der Waals surface area contributed by atoms with Crippen LogP contribution in [0.25, 0.3) is 22.4 Å². The Morgan fingerprint density at radius 1 is 1.10 bits per heavy atom. The highest BCUT2D eigenvalue weighted by molar-refractivity contribution is 5.97. The third-order valence-electron chi connectivity index (χ3n) is 4.69. The number of nitrogens with one attached hydrogen (secondary N) is 1. The zero-order chi connectivity index (χ0) is 21.1. The van der Waals surface area contributed by atoms with E-state index in [1.807, 2.05) is 42.0 Å². The maximum atomic E-state index is 12.6. The molecule has 4 rings (SSSR count). The number of anilines is 1. The van der Waals surface area contributed by atoms with Crippen LogP contribution in [0.5, 0.6) is 0 Å². The first-order valence-corrected chi connectivity index (χ1v) is 9.48. The Kier molecular flexibility index (Phi) is 5.30. The number of methoxy groups -OCH3 is 1. The van der Waals surface area contributed by atoms with E-state index in [0.29, 0.717) is 29.5 Å². The van der Waals surface area contributed by atoms with Crippen LogP contribution in [0, 0.1) is 0 Å². The Morgan fingerprint density at radius 3 is 2.57 bits per heavy atom. The molecular weight excluding hydrogens is 384 g/mol. The monoisotopic (exact) mass is 404 g/mol. The van der Waals surface area contributed by atoms with Crippen LogP contribution in [-0.4, -0.2) is 33.8 Å². The molecule has 1 amide bonds. The number of amides is 1. The molecule has 2 aromatic carbocycles. The molecule has 0 radical (unpaired) electrons. The lowest BCUT2D eigenvalue weighted by atomic mass is 10.2. The lowest BCUT2D eigenvalue weighted by Crippen LogP contribution is -2.18. The number of esters is 1. The van der Waals surface area contributed by atoms with Gasteiger partial charge in [-0.1, -0.05) is 25.1 Å². The van der Waals surface area contributed by atoms with Crippen LogP contribution in [0.15, 0.2) is 59.1 Å². The number of fused-ring (bicyclic) bond motifs is 1. The van der Waals surface area contributed by atoms with Crippen molar-refractivity contribution in [2.75, 3.05) is 12.4 Å². The molecule has 1 N–H and O–H groups in total. The second kappa shape index (κ2) is 8.20. The number of para-hydroxylation sites is 1. The molecule has 8 heteroatoms. The van der Waals surface area contributed by atoms with Gasteiger partial charge in [0.05, 0.1) is 18.2 Å². The van der Waals surface area contributed by atoms with Crippen molar-refractivity contribution in [1.82, 2.24) is 14.8 Å². The fourth-order valence-electron chi connectivity index (χ4n) is 3.22. The van der Waals surface area contributed by atoms with Gasteiger partial charge in [-0.3, -0.25) is 4.79 Å². The van der Waals surface area contributed by atoms with E-state index < -0.39 is 5.97 Å². The van der Waals surface area contributed by atoms with Crippen molar-refractivity contribution in [3.05, 3.63) is 66.2 Å². The number of aryl methyl sites for hydroxylation is 1. The summed E-state index contributed by atoms with van der Waals surface area (Å²) in [5.41, 5.74) is 2.68. The number of ether oxygens (including phenoxy) is 1. The Bertz CT molecular complexity index is 1210. The largest absolute Gasteiger partial charge is 0.465 e. The quantitative estimate of drug-likeness (QED) is 0.492. The molecule has 0 unspecified atom stereocenters. The van der Waals surface area contributed by atoms with E-state index in [2.05, 4.69) is 20.3 Å². The van der Waals surface area contributed by atoms with Crippen LogP contribution in [0.1, 0.15) is 23.2 Å². The molecule has 30 heavy (non-hydrogen) atoms. The first-order valence-electron chi connectivity index (χ1n) is 9.48. The molecule has 0 saturated heterocycles. The summed E-state index contributed by atoms with van der Waals surface area (Å²) >= 11 is 0. The standard InChI is InChI=1S/C22H20N4O4/c1-3-20-24-25-21(30-20)17-12-26(18-7-5-4-6-16(17)18)13-19(27)23-15-10-8-14(9-11-15)22(28)29-2/h4-12H,3,13H2,1-2H3,(H,23,27). The van der Waals surface area contributed by atoms with Gasteiger partial charge in [-0.2, -0.15) is 0 Å². The van der Waals surface area contributed by atoms with E-state index in [-0.39, 0.29) is 12.5 Å². The number of hydrogen-bond donors (Lipinski definition) is 1. The van der Waals surface area contributed by atoms with Crippen LogP contribution in [0.2, 0.25) is 0 Å². The second-order valence-corrected chi connectivity index (χ2v) is 6.66. The average Bonchev–Trinajstić information content (AvgIpc) is 3.39. The van der Waals surface area contributed by atoms with Crippen molar-refractivity contribution in [3.8, 4) is 11.5 Å². The first kappa shape index (κ1) is 19.4. The number of hydrogen-bond acceptors (Lipinski definition) is 6. The fraction of sp³-hybridized carbons (Fsp3) is 0.182. The molecule has 0 aliphatic carbocycles. The minimum atomic E-state index is -0.425. The van der Waals surface area contributed by atoms with Gasteiger partial charge in [0, 0.05) is 29.2 Å². The second-order valence-electron chi connectivity index (χ2n) is 6.66. The first-order chi connectivity index (χ1) is 14.6. The van der Waals surface area contributed by atoms with E-state index in [4.69, 9.17) is 4.42 Å². The normalized spacial score (nSPS) is 10.9. The number of nitrogens with zero attached hydrogens (tertiary/aromatic N) is 3. The predicted molar refractivity (Wildman–Crippen MR) is 111 cm³/mol. The number of carbonyl (C=O) groups excluding carboxylic acids is 2. The van der Waals surface area contributed by atoms with Crippen molar-refractivity contribution in [3.63, 3.8) is 0 Å². The van der Waals surface area contributed by atoms with E-state index in [1.165, 1.54) is 7.11 Å². The van der Waals surface area contributed by atoms with Gasteiger partial charge in [0.25, 0.3) is 0 Å². The van der Waals surface area contributed by atoms with E-state index in [1.54, 1.807) is 24.3 Å². The Hall–Kier alpha value is -3.94. The molecule has 2 heterocycles. The van der Waals surface area contributed by atoms with Crippen molar-refractivity contribution in [1.29, 1.82) is 0 Å². The summed E-state index contributed by atoms with van der Waals surface area (Å²) < 4.78 is 12.2. The van der Waals surface area contributed by atoms with Crippen LogP contribution in [-0.2, 0) is 22.5 Å². The molecule has 0 aliphatic heterocycles. The average molecular weight is 404 g/mol. The van der Waals surface area contributed by atoms with Crippen molar-refractivity contribution < 1.29 is 18.7 Å². The molecule has 2 aromatic heterocycles. The summed E-state index contributed by atoms with van der Waals surface area (Å²) in [7, 11) is 1.32. The van der Waals surface area contributed by atoms with E-state index in [9.17, 15) is 9.59 Å². The van der Waals surface area contributed by atoms with E-state index in [0.717, 1.165) is 16.5 Å². The van der Waals surface area contributed by atoms with Gasteiger partial charge in [-0.05, 0) is 30.3 Å². The smallest absolute Gasteiger partial charge is 0.337 e. The van der Waals surface area contributed by atoms with Crippen LogP contribution < -0.4 is 5.32 Å². The molecule has 8 nitrogen and oxygen atoms in total. The summed E-state index contributed by atoms with van der Waals surface area (Å²) in [6, 6.07) is 14.3. The molecule has 0 fully saturated rings. The van der Waals surface area contributed by atoms with E-state index >= 15 is 0 Å². The lowest BCUT2D eigenvalue weighted by molar-refractivity contribution is -0.116. The summed E-state index contributed by atoms with van der Waals surface area (Å²) in [5, 5.41) is 11.9. The molecular formula is C22H20N4O4. The third-order valence-corrected chi connectivity index (χ3v) is 4.69. The highest BCUT2D eigenvalue weighted by Crippen LogP contribution is 2.30. The number of rotatable bonds is 6. The summed E-state index contributed by atoms with van der Waals surface area (Å²) in [6.07, 6.45) is 2.50. The molecule has 0 saturated carbocycles. The fourth-order valence-corrected chi connectivity index (χ4v) is 3.22. The lowest BCUT2D eigenvalue weighted by Gasteiger charge is -2.08. The molecule has 152 valence electrons. The Morgan fingerprint density at radius 2 is 1.87 bits per heavy atom. The number of benzene rings is 2. The third kappa shape index (κ3) is 3.80.